The summed E-state index contributed by atoms with van der Waals surface area (Å²) >= 11 is 0. The van der Waals surface area contributed by atoms with Gasteiger partial charge in [-0.05, 0) is 49.7 Å². The number of carbonyl (C=O) groups excluding carboxylic acids is 1. The van der Waals surface area contributed by atoms with Crippen molar-refractivity contribution in [1.82, 2.24) is 9.88 Å². The highest BCUT2D eigenvalue weighted by molar-refractivity contribution is 5.94. The molecule has 0 saturated heterocycles. The van der Waals surface area contributed by atoms with Gasteiger partial charge in [0.1, 0.15) is 11.6 Å². The first-order chi connectivity index (χ1) is 11.6. The summed E-state index contributed by atoms with van der Waals surface area (Å²) in [6, 6.07) is 11.2. The molecule has 1 aromatic carbocycles. The number of pyridine rings is 1. The molecule has 0 bridgehead atoms. The molecule has 0 atom stereocenters. The molecular weight excluding hydrogens is 302 g/mol. The second-order valence-corrected chi connectivity index (χ2v) is 5.59. The lowest BCUT2D eigenvalue weighted by atomic mass is 10.2. The summed E-state index contributed by atoms with van der Waals surface area (Å²) in [5, 5.41) is 3.21. The molecule has 0 spiro atoms. The molecule has 1 heterocycles. The van der Waals surface area contributed by atoms with Crippen LogP contribution in [0.2, 0.25) is 0 Å². The number of hydrogen-bond donors (Lipinski definition) is 1. The van der Waals surface area contributed by atoms with Crippen LogP contribution >= 0.6 is 0 Å². The van der Waals surface area contributed by atoms with E-state index in [4.69, 9.17) is 4.74 Å². The van der Waals surface area contributed by atoms with Gasteiger partial charge in [0.2, 0.25) is 0 Å². The van der Waals surface area contributed by atoms with Crippen molar-refractivity contribution in [1.29, 1.82) is 0 Å². The van der Waals surface area contributed by atoms with Gasteiger partial charge in [-0.1, -0.05) is 13.3 Å². The fourth-order valence-electron chi connectivity index (χ4n) is 2.30. The molecule has 1 N–H and O–H groups in total. The molecule has 0 aliphatic carbocycles. The molecule has 2 rings (SSSR count). The predicted octanol–water partition coefficient (Wildman–Crippen LogP) is 4.10. The molecule has 1 aromatic heterocycles. The highest BCUT2D eigenvalue weighted by Gasteiger charge is 2.12. The van der Waals surface area contributed by atoms with Crippen LogP contribution in [0.25, 0.3) is 0 Å². The Hall–Kier alpha value is -2.56. The number of carbonyl (C=O) groups is 1. The molecule has 2 aromatic rings. The van der Waals surface area contributed by atoms with E-state index in [0.29, 0.717) is 18.0 Å². The molecule has 5 heteroatoms. The van der Waals surface area contributed by atoms with Gasteiger partial charge in [0.05, 0.1) is 6.61 Å². The average molecular weight is 327 g/mol. The van der Waals surface area contributed by atoms with Gasteiger partial charge in [0.15, 0.2) is 0 Å². The van der Waals surface area contributed by atoms with Crippen molar-refractivity contribution in [2.45, 2.75) is 26.7 Å². The summed E-state index contributed by atoms with van der Waals surface area (Å²) in [7, 11) is 1.83. The Morgan fingerprint density at radius 2 is 1.96 bits per heavy atom. The minimum Gasteiger partial charge on any atom is -0.494 e. The van der Waals surface area contributed by atoms with E-state index in [0.717, 1.165) is 30.8 Å². The van der Waals surface area contributed by atoms with Gasteiger partial charge >= 0.3 is 0 Å². The molecule has 1 amide bonds. The fourth-order valence-corrected chi connectivity index (χ4v) is 2.30. The Bertz CT molecular complexity index is 656. The highest BCUT2D eigenvalue weighted by Crippen LogP contribution is 2.19. The van der Waals surface area contributed by atoms with E-state index in [-0.39, 0.29) is 5.91 Å². The zero-order chi connectivity index (χ0) is 17.4. The van der Waals surface area contributed by atoms with Crippen molar-refractivity contribution in [3.8, 4) is 5.75 Å². The van der Waals surface area contributed by atoms with E-state index in [1.807, 2.05) is 38.2 Å². The maximum Gasteiger partial charge on any atom is 0.253 e. The smallest absolute Gasteiger partial charge is 0.253 e. The molecule has 0 saturated carbocycles. The average Bonchev–Trinajstić information content (AvgIpc) is 2.61. The topological polar surface area (TPSA) is 54.5 Å². The summed E-state index contributed by atoms with van der Waals surface area (Å²) in [6.07, 6.45) is 3.72. The summed E-state index contributed by atoms with van der Waals surface area (Å²) in [6.45, 7) is 5.48. The number of ether oxygens (including phenoxy) is 1. The highest BCUT2D eigenvalue weighted by atomic mass is 16.5. The Morgan fingerprint density at radius 3 is 2.62 bits per heavy atom. The standard InChI is InChI=1S/C19H25N3O2/c1-4-6-13-22(3)19(23)15-11-12-20-18(14-15)21-16-7-9-17(10-8-16)24-5-2/h7-12,14H,4-6,13H2,1-3H3,(H,20,21). The Balaban J connectivity index is 2.05. The number of nitrogens with one attached hydrogen (secondary N) is 1. The van der Waals surface area contributed by atoms with Crippen LogP contribution in [0.5, 0.6) is 5.75 Å². The first kappa shape index (κ1) is 17.8. The van der Waals surface area contributed by atoms with Crippen molar-refractivity contribution in [3.05, 3.63) is 48.2 Å². The minimum absolute atomic E-state index is 0.0144. The Kier molecular flexibility index (Phi) is 6.61. The largest absolute Gasteiger partial charge is 0.494 e. The number of benzene rings is 1. The van der Waals surface area contributed by atoms with Crippen LogP contribution in [0.4, 0.5) is 11.5 Å². The van der Waals surface area contributed by atoms with E-state index in [1.165, 1.54) is 0 Å². The minimum atomic E-state index is 0.0144. The number of unbranched alkanes of at least 4 members (excludes halogenated alkanes) is 1. The Labute approximate surface area is 143 Å². The van der Waals surface area contributed by atoms with Gasteiger partial charge in [-0.3, -0.25) is 4.79 Å². The van der Waals surface area contributed by atoms with Crippen LogP contribution < -0.4 is 10.1 Å². The SMILES string of the molecule is CCCCN(C)C(=O)c1ccnc(Nc2ccc(OCC)cc2)c1. The van der Waals surface area contributed by atoms with E-state index >= 15 is 0 Å². The molecule has 5 nitrogen and oxygen atoms in total. The summed E-state index contributed by atoms with van der Waals surface area (Å²) < 4.78 is 5.43. The number of anilines is 2. The zero-order valence-corrected chi connectivity index (χ0v) is 14.6. The number of amides is 1. The predicted molar refractivity (Wildman–Crippen MR) is 97.0 cm³/mol. The molecule has 24 heavy (non-hydrogen) atoms. The third-order valence-corrected chi connectivity index (χ3v) is 3.64. The molecule has 0 radical (unpaired) electrons. The molecule has 0 unspecified atom stereocenters. The quantitative estimate of drug-likeness (QED) is 0.793. The first-order valence-electron chi connectivity index (χ1n) is 8.35. The monoisotopic (exact) mass is 327 g/mol. The van der Waals surface area contributed by atoms with E-state index < -0.39 is 0 Å². The summed E-state index contributed by atoms with van der Waals surface area (Å²) in [4.78, 5) is 18.5. The summed E-state index contributed by atoms with van der Waals surface area (Å²) in [5.74, 6) is 1.49. The lowest BCUT2D eigenvalue weighted by Crippen LogP contribution is -2.27. The first-order valence-corrected chi connectivity index (χ1v) is 8.35. The van der Waals surface area contributed by atoms with Gasteiger partial charge in [-0.25, -0.2) is 4.98 Å². The molecular formula is C19H25N3O2. The number of nitrogens with zero attached hydrogens (tertiary/aromatic N) is 2. The van der Waals surface area contributed by atoms with Crippen LogP contribution in [0.3, 0.4) is 0 Å². The van der Waals surface area contributed by atoms with Crippen LogP contribution in [-0.2, 0) is 0 Å². The zero-order valence-electron chi connectivity index (χ0n) is 14.6. The van der Waals surface area contributed by atoms with Crippen molar-refractivity contribution >= 4 is 17.4 Å². The normalized spacial score (nSPS) is 10.3. The lowest BCUT2D eigenvalue weighted by Gasteiger charge is -2.17. The molecule has 128 valence electrons. The second kappa shape index (κ2) is 8.91. The third kappa shape index (κ3) is 4.98. The number of rotatable bonds is 8. The molecule has 0 fully saturated rings. The maximum absolute atomic E-state index is 12.4. The maximum atomic E-state index is 12.4. The van der Waals surface area contributed by atoms with E-state index in [1.54, 1.807) is 23.2 Å². The molecule has 0 aliphatic heterocycles. The van der Waals surface area contributed by atoms with Crippen LogP contribution in [0.1, 0.15) is 37.0 Å². The third-order valence-electron chi connectivity index (χ3n) is 3.64. The van der Waals surface area contributed by atoms with Gasteiger partial charge in [0, 0.05) is 31.0 Å². The fraction of sp³-hybridized carbons (Fsp3) is 0.368. The van der Waals surface area contributed by atoms with E-state index in [9.17, 15) is 4.79 Å². The van der Waals surface area contributed by atoms with E-state index in [2.05, 4.69) is 17.2 Å². The van der Waals surface area contributed by atoms with Gasteiger partial charge in [0.25, 0.3) is 5.91 Å². The second-order valence-electron chi connectivity index (χ2n) is 5.59. The number of hydrogen-bond acceptors (Lipinski definition) is 4. The lowest BCUT2D eigenvalue weighted by molar-refractivity contribution is 0.0793. The van der Waals surface area contributed by atoms with Gasteiger partial charge in [-0.15, -0.1) is 0 Å². The van der Waals surface area contributed by atoms with Crippen molar-refractivity contribution in [2.75, 3.05) is 25.5 Å². The van der Waals surface area contributed by atoms with Crippen molar-refractivity contribution in [2.24, 2.45) is 0 Å². The van der Waals surface area contributed by atoms with Crippen LogP contribution in [0, 0.1) is 0 Å². The van der Waals surface area contributed by atoms with Crippen LogP contribution in [0.15, 0.2) is 42.6 Å². The molecule has 0 aliphatic rings. The van der Waals surface area contributed by atoms with Crippen LogP contribution in [-0.4, -0.2) is 36.0 Å². The van der Waals surface area contributed by atoms with Crippen molar-refractivity contribution < 1.29 is 9.53 Å². The number of aromatic nitrogens is 1. The summed E-state index contributed by atoms with van der Waals surface area (Å²) in [5.41, 5.74) is 1.53. The van der Waals surface area contributed by atoms with Gasteiger partial charge in [-0.2, -0.15) is 0 Å². The van der Waals surface area contributed by atoms with Crippen molar-refractivity contribution in [3.63, 3.8) is 0 Å². The Morgan fingerprint density at radius 1 is 1.21 bits per heavy atom. The van der Waals surface area contributed by atoms with Gasteiger partial charge < -0.3 is 15.0 Å².